The molecule has 0 aliphatic rings. The maximum atomic E-state index is 10.6. The smallest absolute Gasteiger partial charge is 0.274 e. The Labute approximate surface area is 96.6 Å². The van der Waals surface area contributed by atoms with Gasteiger partial charge in [0.1, 0.15) is 5.82 Å². The lowest BCUT2D eigenvalue weighted by Crippen LogP contribution is -2.01. The van der Waals surface area contributed by atoms with Crippen LogP contribution in [0.25, 0.3) is 0 Å². The summed E-state index contributed by atoms with van der Waals surface area (Å²) in [4.78, 5) is 14.1. The van der Waals surface area contributed by atoms with Gasteiger partial charge in [-0.1, -0.05) is 5.16 Å². The number of hydrogen-bond acceptors (Lipinski definition) is 6. The van der Waals surface area contributed by atoms with Crippen molar-refractivity contribution in [2.75, 3.05) is 5.32 Å². The number of aromatic nitrogens is 2. The summed E-state index contributed by atoms with van der Waals surface area (Å²) in [5, 5.41) is 17.2. The molecule has 7 heteroatoms. The van der Waals surface area contributed by atoms with Gasteiger partial charge < -0.3 is 9.84 Å². The van der Waals surface area contributed by atoms with Crippen LogP contribution < -0.4 is 5.32 Å². The van der Waals surface area contributed by atoms with E-state index in [9.17, 15) is 10.1 Å². The molecule has 0 saturated carbocycles. The van der Waals surface area contributed by atoms with Gasteiger partial charge in [-0.15, -0.1) is 0 Å². The molecule has 0 atom stereocenters. The largest absolute Gasteiger partial charge is 0.363 e. The number of rotatable bonds is 4. The van der Waals surface area contributed by atoms with Crippen molar-refractivity contribution in [1.82, 2.24) is 10.1 Å². The van der Waals surface area contributed by atoms with Gasteiger partial charge in [0.2, 0.25) is 0 Å². The predicted molar refractivity (Wildman–Crippen MR) is 59.5 cm³/mol. The summed E-state index contributed by atoms with van der Waals surface area (Å²) in [5.74, 6) is 1.07. The van der Waals surface area contributed by atoms with E-state index in [4.69, 9.17) is 4.52 Å². The second kappa shape index (κ2) is 4.60. The summed E-state index contributed by atoms with van der Waals surface area (Å²) in [6.07, 6.45) is 1.38. The number of nitro groups is 1. The molecule has 0 aliphatic carbocycles. The first-order valence-corrected chi connectivity index (χ1v) is 4.91. The van der Waals surface area contributed by atoms with Gasteiger partial charge in [-0.2, -0.15) is 0 Å². The molecule has 7 nitrogen and oxygen atoms in total. The van der Waals surface area contributed by atoms with Crippen LogP contribution in [0.3, 0.4) is 0 Å². The van der Waals surface area contributed by atoms with Crippen molar-refractivity contribution >= 4 is 11.5 Å². The fourth-order valence-corrected chi connectivity index (χ4v) is 1.31. The molecule has 0 fully saturated rings. The molecule has 0 amide bonds. The molecule has 0 spiro atoms. The summed E-state index contributed by atoms with van der Waals surface area (Å²) >= 11 is 0. The molecule has 0 unspecified atom stereocenters. The maximum absolute atomic E-state index is 10.6. The molecule has 0 aromatic carbocycles. The Kier molecular flexibility index (Phi) is 2.99. The number of pyridine rings is 1. The zero-order chi connectivity index (χ0) is 12.3. The predicted octanol–water partition coefficient (Wildman–Crippen LogP) is 1.90. The first kappa shape index (κ1) is 11.1. The maximum Gasteiger partial charge on any atom is 0.274 e. The van der Waals surface area contributed by atoms with E-state index in [0.29, 0.717) is 18.1 Å². The second-order valence-corrected chi connectivity index (χ2v) is 3.44. The van der Waals surface area contributed by atoms with Crippen molar-refractivity contribution in [3.63, 3.8) is 0 Å². The second-order valence-electron chi connectivity index (χ2n) is 3.44. The molecular weight excluding hydrogens is 224 g/mol. The molecule has 2 aromatic rings. The Morgan fingerprint density at radius 1 is 1.53 bits per heavy atom. The van der Waals surface area contributed by atoms with E-state index in [1.165, 1.54) is 18.3 Å². The van der Waals surface area contributed by atoms with Gasteiger partial charge in [-0.25, -0.2) is 4.98 Å². The van der Waals surface area contributed by atoms with E-state index in [2.05, 4.69) is 15.5 Å². The third-order valence-corrected chi connectivity index (χ3v) is 2.07. The van der Waals surface area contributed by atoms with Crippen molar-refractivity contribution in [2.24, 2.45) is 0 Å². The number of aryl methyl sites for hydroxylation is 1. The van der Waals surface area contributed by atoms with Crippen LogP contribution in [0.2, 0.25) is 0 Å². The third-order valence-electron chi connectivity index (χ3n) is 2.07. The van der Waals surface area contributed by atoms with Crippen LogP contribution >= 0.6 is 0 Å². The zero-order valence-corrected chi connectivity index (χ0v) is 9.08. The topological polar surface area (TPSA) is 94.1 Å². The van der Waals surface area contributed by atoms with E-state index in [1.54, 1.807) is 6.07 Å². The lowest BCUT2D eigenvalue weighted by atomic mass is 10.3. The standard InChI is InChI=1S/C10H10N4O3/c1-7-4-9(17-13-7)6-12-10-5-8(14(15)16)2-3-11-10/h2-5H,6H2,1H3,(H,11,12). The molecule has 88 valence electrons. The average molecular weight is 234 g/mol. The van der Waals surface area contributed by atoms with Gasteiger partial charge in [0, 0.05) is 18.3 Å². The minimum absolute atomic E-state index is 0.00347. The summed E-state index contributed by atoms with van der Waals surface area (Å²) in [7, 11) is 0. The van der Waals surface area contributed by atoms with Gasteiger partial charge in [-0.05, 0) is 6.92 Å². The molecule has 0 radical (unpaired) electrons. The van der Waals surface area contributed by atoms with Crippen LogP contribution in [0.5, 0.6) is 0 Å². The van der Waals surface area contributed by atoms with E-state index in [0.717, 1.165) is 5.69 Å². The highest BCUT2D eigenvalue weighted by atomic mass is 16.6. The van der Waals surface area contributed by atoms with Gasteiger partial charge in [0.15, 0.2) is 5.76 Å². The Bertz CT molecular complexity index is 538. The molecule has 2 rings (SSSR count). The van der Waals surface area contributed by atoms with Crippen LogP contribution in [0, 0.1) is 17.0 Å². The molecular formula is C10H10N4O3. The first-order valence-electron chi connectivity index (χ1n) is 4.91. The number of nitrogens with one attached hydrogen (secondary N) is 1. The summed E-state index contributed by atoms with van der Waals surface area (Å²) in [6.45, 7) is 2.20. The van der Waals surface area contributed by atoms with Crippen LogP contribution in [-0.4, -0.2) is 15.1 Å². The molecule has 2 heterocycles. The minimum atomic E-state index is -0.467. The summed E-state index contributed by atoms with van der Waals surface area (Å²) < 4.78 is 4.99. The fraction of sp³-hybridized carbons (Fsp3) is 0.200. The SMILES string of the molecule is Cc1cc(CNc2cc([N+](=O)[O-])ccn2)on1. The lowest BCUT2D eigenvalue weighted by Gasteiger charge is -2.01. The number of hydrogen-bond donors (Lipinski definition) is 1. The molecule has 17 heavy (non-hydrogen) atoms. The van der Waals surface area contributed by atoms with Crippen LogP contribution in [0.15, 0.2) is 28.9 Å². The molecule has 0 aliphatic heterocycles. The van der Waals surface area contributed by atoms with E-state index in [-0.39, 0.29) is 5.69 Å². The molecule has 0 saturated heterocycles. The monoisotopic (exact) mass is 234 g/mol. The van der Waals surface area contributed by atoms with Gasteiger partial charge in [0.05, 0.1) is 23.2 Å². The van der Waals surface area contributed by atoms with Gasteiger partial charge >= 0.3 is 0 Å². The summed E-state index contributed by atoms with van der Waals surface area (Å²) in [5.41, 5.74) is 0.782. The van der Waals surface area contributed by atoms with E-state index >= 15 is 0 Å². The van der Waals surface area contributed by atoms with E-state index in [1.807, 2.05) is 6.92 Å². The Morgan fingerprint density at radius 2 is 2.35 bits per heavy atom. The Balaban J connectivity index is 2.04. The van der Waals surface area contributed by atoms with Crippen molar-refractivity contribution in [3.8, 4) is 0 Å². The van der Waals surface area contributed by atoms with Gasteiger partial charge in [-0.3, -0.25) is 10.1 Å². The van der Waals surface area contributed by atoms with Crippen molar-refractivity contribution in [3.05, 3.63) is 46.0 Å². The van der Waals surface area contributed by atoms with Gasteiger partial charge in [0.25, 0.3) is 5.69 Å². The third kappa shape index (κ3) is 2.77. The highest BCUT2D eigenvalue weighted by molar-refractivity contribution is 5.44. The van der Waals surface area contributed by atoms with Crippen molar-refractivity contribution in [2.45, 2.75) is 13.5 Å². The summed E-state index contributed by atoms with van der Waals surface area (Å²) in [6, 6.07) is 4.48. The Morgan fingerprint density at radius 3 is 3.00 bits per heavy atom. The minimum Gasteiger partial charge on any atom is -0.363 e. The highest BCUT2D eigenvalue weighted by Gasteiger charge is 2.07. The molecule has 0 bridgehead atoms. The quantitative estimate of drug-likeness (QED) is 0.641. The highest BCUT2D eigenvalue weighted by Crippen LogP contribution is 2.15. The normalized spacial score (nSPS) is 10.2. The Hall–Kier alpha value is -2.44. The van der Waals surface area contributed by atoms with Crippen LogP contribution in [0.4, 0.5) is 11.5 Å². The average Bonchev–Trinajstić information content (AvgIpc) is 2.73. The first-order chi connectivity index (χ1) is 8.15. The number of nitrogens with zero attached hydrogens (tertiary/aromatic N) is 3. The lowest BCUT2D eigenvalue weighted by molar-refractivity contribution is -0.384. The van der Waals surface area contributed by atoms with Crippen LogP contribution in [-0.2, 0) is 6.54 Å². The fourth-order valence-electron chi connectivity index (χ4n) is 1.31. The zero-order valence-electron chi connectivity index (χ0n) is 9.08. The van der Waals surface area contributed by atoms with Crippen molar-refractivity contribution in [1.29, 1.82) is 0 Å². The number of anilines is 1. The van der Waals surface area contributed by atoms with Crippen LogP contribution in [0.1, 0.15) is 11.5 Å². The van der Waals surface area contributed by atoms with E-state index < -0.39 is 4.92 Å². The van der Waals surface area contributed by atoms with Crippen molar-refractivity contribution < 1.29 is 9.45 Å². The molecule has 1 N–H and O–H groups in total. The molecule has 2 aromatic heterocycles.